The third kappa shape index (κ3) is 7.48. The van der Waals surface area contributed by atoms with Crippen LogP contribution in [0.4, 0.5) is 10.5 Å². The van der Waals surface area contributed by atoms with E-state index in [-0.39, 0.29) is 17.5 Å². The number of aryl methyl sites for hydroxylation is 1. The maximum absolute atomic E-state index is 12.5. The van der Waals surface area contributed by atoms with Gasteiger partial charge in [0.25, 0.3) is 0 Å². The molecule has 1 aliphatic heterocycles. The number of carbonyl (C=O) groups excluding carboxylic acids is 1. The number of amides is 1. The monoisotopic (exact) mass is 445 g/mol. The topological polar surface area (TPSA) is 87.6 Å². The van der Waals surface area contributed by atoms with Crippen molar-refractivity contribution in [2.24, 2.45) is 7.05 Å². The number of aromatic nitrogens is 3. The lowest BCUT2D eigenvalue weighted by Gasteiger charge is -2.33. The Morgan fingerprint density at radius 3 is 2.52 bits per heavy atom. The van der Waals surface area contributed by atoms with E-state index in [9.17, 15) is 4.79 Å². The van der Waals surface area contributed by atoms with E-state index in [1.807, 2.05) is 44.9 Å². The lowest BCUT2D eigenvalue weighted by molar-refractivity contribution is 0.110. The molecule has 2 aromatic heterocycles. The summed E-state index contributed by atoms with van der Waals surface area (Å²) in [5, 5.41) is 6.75. The number of pyridine rings is 1. The van der Waals surface area contributed by atoms with Crippen LogP contribution in [0.3, 0.4) is 0 Å². The highest BCUT2D eigenvalue weighted by molar-refractivity contribution is 7.80. The van der Waals surface area contributed by atoms with Gasteiger partial charge >= 0.3 is 6.09 Å². The molecular weight excluding hydrogens is 414 g/mol. The van der Waals surface area contributed by atoms with Gasteiger partial charge in [0.05, 0.1) is 23.9 Å². The molecule has 3 heterocycles. The van der Waals surface area contributed by atoms with Crippen LogP contribution in [0.15, 0.2) is 30.9 Å². The largest absolute Gasteiger partial charge is 0.416 e. The summed E-state index contributed by atoms with van der Waals surface area (Å²) >= 11 is 5.28. The van der Waals surface area contributed by atoms with E-state index < -0.39 is 0 Å². The van der Waals surface area contributed by atoms with E-state index in [4.69, 9.17) is 17.0 Å². The second-order valence-corrected chi connectivity index (χ2v) is 9.10. The van der Waals surface area contributed by atoms with Crippen LogP contribution in [0.2, 0.25) is 0 Å². The molecule has 2 N–H and O–H groups in total. The Morgan fingerprint density at radius 1 is 1.19 bits per heavy atom. The molecule has 168 valence electrons. The first-order chi connectivity index (χ1) is 14.7. The standard InChI is InChI=1S/C21H31N7O2S/c1-21(2,3)25-19(31)24-16-5-6-18(22-13-16)30-20(29)28-11-9-27(10-12-28)8-7-17-14-26(4)15-23-17/h5-6,13-15H,7-12H2,1-4H3,(H2,24,25,31). The maximum atomic E-state index is 12.5. The molecule has 1 fully saturated rings. The van der Waals surface area contributed by atoms with Crippen LogP contribution in [0, 0.1) is 0 Å². The van der Waals surface area contributed by atoms with E-state index in [1.54, 1.807) is 23.2 Å². The second-order valence-electron chi connectivity index (χ2n) is 8.69. The highest BCUT2D eigenvalue weighted by atomic mass is 32.1. The summed E-state index contributed by atoms with van der Waals surface area (Å²) in [7, 11) is 1.97. The van der Waals surface area contributed by atoms with Crippen molar-refractivity contribution in [3.8, 4) is 5.88 Å². The Balaban J connectivity index is 1.40. The number of hydrogen-bond donors (Lipinski definition) is 2. The van der Waals surface area contributed by atoms with Crippen molar-refractivity contribution >= 4 is 29.1 Å². The minimum absolute atomic E-state index is 0.130. The van der Waals surface area contributed by atoms with E-state index in [1.165, 1.54) is 0 Å². The first kappa shape index (κ1) is 23.0. The molecule has 0 bridgehead atoms. The predicted octanol–water partition coefficient (Wildman–Crippen LogP) is 2.26. The van der Waals surface area contributed by atoms with Gasteiger partial charge in [0, 0.05) is 64.0 Å². The lowest BCUT2D eigenvalue weighted by atomic mass is 10.1. The quantitative estimate of drug-likeness (QED) is 0.678. The van der Waals surface area contributed by atoms with Gasteiger partial charge in [0.1, 0.15) is 0 Å². The Kier molecular flexibility index (Phi) is 7.45. The molecular formula is C21H31N7O2S. The molecule has 0 atom stereocenters. The van der Waals surface area contributed by atoms with Crippen molar-refractivity contribution in [2.75, 3.05) is 38.0 Å². The number of rotatable bonds is 5. The van der Waals surface area contributed by atoms with Crippen molar-refractivity contribution in [3.05, 3.63) is 36.5 Å². The Labute approximate surface area is 188 Å². The highest BCUT2D eigenvalue weighted by Crippen LogP contribution is 2.14. The summed E-state index contributed by atoms with van der Waals surface area (Å²) in [6, 6.07) is 3.44. The number of nitrogens with one attached hydrogen (secondary N) is 2. The molecule has 0 aliphatic carbocycles. The molecule has 31 heavy (non-hydrogen) atoms. The molecule has 2 aromatic rings. The van der Waals surface area contributed by atoms with E-state index >= 15 is 0 Å². The Bertz CT molecular complexity index is 884. The van der Waals surface area contributed by atoms with Crippen molar-refractivity contribution in [1.82, 2.24) is 29.7 Å². The van der Waals surface area contributed by atoms with Crippen molar-refractivity contribution < 1.29 is 9.53 Å². The number of carbonyl (C=O) groups is 1. The maximum Gasteiger partial charge on any atom is 0.416 e. The van der Waals surface area contributed by atoms with Crippen LogP contribution in [-0.2, 0) is 13.5 Å². The van der Waals surface area contributed by atoms with Gasteiger partial charge in [-0.25, -0.2) is 14.8 Å². The first-order valence-corrected chi connectivity index (χ1v) is 10.8. The van der Waals surface area contributed by atoms with E-state index in [0.717, 1.165) is 37.4 Å². The van der Waals surface area contributed by atoms with Crippen LogP contribution in [0.1, 0.15) is 26.5 Å². The summed E-state index contributed by atoms with van der Waals surface area (Å²) in [6.45, 7) is 9.92. The average molecular weight is 446 g/mol. The zero-order valence-electron chi connectivity index (χ0n) is 18.6. The van der Waals surface area contributed by atoms with Crippen LogP contribution < -0.4 is 15.4 Å². The molecule has 1 aliphatic rings. The number of piperazine rings is 1. The fraction of sp³-hybridized carbons (Fsp3) is 0.524. The first-order valence-electron chi connectivity index (χ1n) is 10.4. The van der Waals surface area contributed by atoms with Crippen molar-refractivity contribution in [2.45, 2.75) is 32.7 Å². The third-order valence-corrected chi connectivity index (χ3v) is 4.95. The normalized spacial score (nSPS) is 14.9. The van der Waals surface area contributed by atoms with Gasteiger partial charge in [0.2, 0.25) is 5.88 Å². The van der Waals surface area contributed by atoms with Gasteiger partial charge in [-0.15, -0.1) is 0 Å². The van der Waals surface area contributed by atoms with Crippen molar-refractivity contribution in [3.63, 3.8) is 0 Å². The second kappa shape index (κ2) is 10.1. The van der Waals surface area contributed by atoms with Gasteiger partial charge in [-0.05, 0) is 39.1 Å². The van der Waals surface area contributed by atoms with E-state index in [0.29, 0.717) is 18.2 Å². The molecule has 0 spiro atoms. The summed E-state index contributed by atoms with van der Waals surface area (Å²) < 4.78 is 7.39. The number of ether oxygens (including phenoxy) is 1. The van der Waals surface area contributed by atoms with Crippen molar-refractivity contribution in [1.29, 1.82) is 0 Å². The number of nitrogens with zero attached hydrogens (tertiary/aromatic N) is 5. The Morgan fingerprint density at radius 2 is 1.94 bits per heavy atom. The van der Waals surface area contributed by atoms with Gasteiger partial charge in [0.15, 0.2) is 5.11 Å². The smallest absolute Gasteiger partial charge is 0.391 e. The summed E-state index contributed by atoms with van der Waals surface area (Å²) in [6.07, 6.45) is 5.98. The number of imidazole rings is 1. The minimum atomic E-state index is -0.373. The number of anilines is 1. The number of thiocarbonyl (C=S) groups is 1. The summed E-state index contributed by atoms with van der Waals surface area (Å²) in [5.41, 5.74) is 1.68. The molecule has 1 saturated heterocycles. The van der Waals surface area contributed by atoms with Gasteiger partial charge in [-0.3, -0.25) is 4.90 Å². The molecule has 1 amide bonds. The zero-order chi connectivity index (χ0) is 22.4. The predicted molar refractivity (Wildman–Crippen MR) is 124 cm³/mol. The highest BCUT2D eigenvalue weighted by Gasteiger charge is 2.23. The van der Waals surface area contributed by atoms with Crippen LogP contribution in [0.25, 0.3) is 0 Å². The average Bonchev–Trinajstić information content (AvgIpc) is 3.12. The third-order valence-electron chi connectivity index (χ3n) is 4.75. The van der Waals surface area contributed by atoms with Crippen LogP contribution in [0.5, 0.6) is 5.88 Å². The van der Waals surface area contributed by atoms with Gasteiger partial charge in [-0.2, -0.15) is 0 Å². The Hall–Kier alpha value is -2.72. The molecule has 0 aromatic carbocycles. The lowest BCUT2D eigenvalue weighted by Crippen LogP contribution is -2.50. The van der Waals surface area contributed by atoms with Gasteiger partial charge < -0.3 is 24.8 Å². The number of hydrogen-bond acceptors (Lipinski definition) is 6. The fourth-order valence-corrected chi connectivity index (χ4v) is 3.62. The van der Waals surface area contributed by atoms with Crippen LogP contribution >= 0.6 is 12.2 Å². The SMILES string of the molecule is Cn1cnc(CCN2CCN(C(=O)Oc3ccc(NC(=S)NC(C)(C)C)cn3)CC2)c1. The minimum Gasteiger partial charge on any atom is -0.391 e. The molecule has 0 saturated carbocycles. The zero-order valence-corrected chi connectivity index (χ0v) is 19.4. The molecule has 0 radical (unpaired) electrons. The molecule has 9 nitrogen and oxygen atoms in total. The molecule has 0 unspecified atom stereocenters. The fourth-order valence-electron chi connectivity index (χ4n) is 3.19. The van der Waals surface area contributed by atoms with Crippen LogP contribution in [-0.4, -0.2) is 73.8 Å². The molecule has 10 heteroatoms. The van der Waals surface area contributed by atoms with Gasteiger partial charge in [-0.1, -0.05) is 0 Å². The molecule has 3 rings (SSSR count). The van der Waals surface area contributed by atoms with E-state index in [2.05, 4.69) is 25.5 Å². The summed E-state index contributed by atoms with van der Waals surface area (Å²) in [4.78, 5) is 25.1. The summed E-state index contributed by atoms with van der Waals surface area (Å²) in [5.74, 6) is 0.267.